The first-order valence-electron chi connectivity index (χ1n) is 6.68. The highest BCUT2D eigenvalue weighted by atomic mass is 32.2. The number of nitrogen functional groups attached to an aromatic ring is 1. The molecule has 2 N–H and O–H groups in total. The minimum absolute atomic E-state index is 0.0544. The van der Waals surface area contributed by atoms with Gasteiger partial charge in [0, 0.05) is 27.5 Å². The number of rotatable bonds is 5. The van der Waals surface area contributed by atoms with Crippen LogP contribution in [0, 0.1) is 6.92 Å². The Kier molecular flexibility index (Phi) is 4.91. The van der Waals surface area contributed by atoms with E-state index in [0.29, 0.717) is 11.3 Å². The van der Waals surface area contributed by atoms with Crippen LogP contribution in [-0.2, 0) is 5.75 Å². The summed E-state index contributed by atoms with van der Waals surface area (Å²) in [6, 6.07) is 11.5. The summed E-state index contributed by atoms with van der Waals surface area (Å²) in [6.07, 6.45) is 0. The molecule has 0 saturated heterocycles. The van der Waals surface area contributed by atoms with Crippen molar-refractivity contribution in [1.82, 2.24) is 0 Å². The number of methoxy groups -OCH3 is 1. The summed E-state index contributed by atoms with van der Waals surface area (Å²) in [7, 11) is 1.64. The predicted octanol–water partition coefficient (Wildman–Crippen LogP) is 4.08. The van der Waals surface area contributed by atoms with Crippen LogP contribution in [0.1, 0.15) is 28.4 Å². The van der Waals surface area contributed by atoms with E-state index < -0.39 is 0 Å². The molecule has 0 aromatic heterocycles. The summed E-state index contributed by atoms with van der Waals surface area (Å²) in [5, 5.41) is 0. The maximum atomic E-state index is 11.5. The zero-order valence-electron chi connectivity index (χ0n) is 12.5. The summed E-state index contributed by atoms with van der Waals surface area (Å²) < 4.78 is 5.36. The third-order valence-corrected chi connectivity index (χ3v) is 4.37. The lowest BCUT2D eigenvalue weighted by atomic mass is 10.1. The van der Waals surface area contributed by atoms with Crippen molar-refractivity contribution in [3.05, 3.63) is 53.1 Å². The molecule has 0 fully saturated rings. The van der Waals surface area contributed by atoms with Gasteiger partial charge in [-0.3, -0.25) is 4.79 Å². The lowest BCUT2D eigenvalue weighted by Crippen LogP contribution is -1.97. The van der Waals surface area contributed by atoms with Crippen LogP contribution in [0.25, 0.3) is 0 Å². The van der Waals surface area contributed by atoms with Gasteiger partial charge in [0.25, 0.3) is 0 Å². The number of carbonyl (C=O) groups is 1. The van der Waals surface area contributed by atoms with Crippen LogP contribution in [0.4, 0.5) is 5.69 Å². The van der Waals surface area contributed by atoms with E-state index in [1.54, 1.807) is 31.9 Å². The third-order valence-electron chi connectivity index (χ3n) is 3.24. The smallest absolute Gasteiger partial charge is 0.159 e. The fourth-order valence-electron chi connectivity index (χ4n) is 2.07. The number of ether oxygens (including phenoxy) is 1. The first kappa shape index (κ1) is 15.4. The fraction of sp³-hybridized carbons (Fsp3) is 0.235. The molecular weight excluding hydrogens is 282 g/mol. The van der Waals surface area contributed by atoms with Crippen molar-refractivity contribution in [1.29, 1.82) is 0 Å². The number of ketones is 1. The maximum Gasteiger partial charge on any atom is 0.159 e. The molecule has 0 radical (unpaired) electrons. The molecule has 0 unspecified atom stereocenters. The van der Waals surface area contributed by atoms with Crippen LogP contribution in [0.5, 0.6) is 5.75 Å². The molecule has 2 rings (SSSR count). The molecule has 0 atom stereocenters. The van der Waals surface area contributed by atoms with Crippen molar-refractivity contribution in [2.75, 3.05) is 12.8 Å². The molecule has 0 aliphatic rings. The summed E-state index contributed by atoms with van der Waals surface area (Å²) in [5.74, 6) is 1.55. The summed E-state index contributed by atoms with van der Waals surface area (Å²) >= 11 is 1.64. The van der Waals surface area contributed by atoms with Crippen LogP contribution in [0.3, 0.4) is 0 Å². The van der Waals surface area contributed by atoms with Gasteiger partial charge in [0.2, 0.25) is 0 Å². The number of aryl methyl sites for hydroxylation is 1. The lowest BCUT2D eigenvalue weighted by Gasteiger charge is -2.11. The van der Waals surface area contributed by atoms with Gasteiger partial charge in [-0.05, 0) is 49.7 Å². The molecule has 0 saturated carbocycles. The quantitative estimate of drug-likeness (QED) is 0.513. The average molecular weight is 301 g/mol. The van der Waals surface area contributed by atoms with Gasteiger partial charge in [0.15, 0.2) is 5.78 Å². The SMILES string of the molecule is COc1ccc(C(C)=O)cc1CSc1ccc(C)cc1N. The highest BCUT2D eigenvalue weighted by molar-refractivity contribution is 7.98. The standard InChI is InChI=1S/C17H19NO2S/c1-11-4-7-17(15(18)8-11)21-10-14-9-13(12(2)19)5-6-16(14)20-3/h4-9H,10,18H2,1-3H3. The van der Waals surface area contributed by atoms with Gasteiger partial charge in [-0.15, -0.1) is 11.8 Å². The lowest BCUT2D eigenvalue weighted by molar-refractivity contribution is 0.101. The Labute approximate surface area is 129 Å². The Morgan fingerprint density at radius 3 is 2.62 bits per heavy atom. The predicted molar refractivity (Wildman–Crippen MR) is 88.2 cm³/mol. The maximum absolute atomic E-state index is 11.5. The van der Waals surface area contributed by atoms with E-state index in [1.807, 2.05) is 37.3 Å². The van der Waals surface area contributed by atoms with Crippen molar-refractivity contribution in [3.8, 4) is 5.75 Å². The number of benzene rings is 2. The molecular formula is C17H19NO2S. The zero-order valence-corrected chi connectivity index (χ0v) is 13.3. The first-order chi connectivity index (χ1) is 10.0. The number of anilines is 1. The zero-order chi connectivity index (χ0) is 15.4. The van der Waals surface area contributed by atoms with E-state index in [0.717, 1.165) is 27.5 Å². The van der Waals surface area contributed by atoms with Gasteiger partial charge in [0.05, 0.1) is 7.11 Å². The molecule has 2 aromatic rings. The Morgan fingerprint density at radius 1 is 1.24 bits per heavy atom. The second-order valence-corrected chi connectivity index (χ2v) is 5.93. The molecule has 0 aliphatic heterocycles. The highest BCUT2D eigenvalue weighted by Gasteiger charge is 2.09. The first-order valence-corrected chi connectivity index (χ1v) is 7.66. The monoisotopic (exact) mass is 301 g/mol. The van der Waals surface area contributed by atoms with Gasteiger partial charge in [-0.1, -0.05) is 6.07 Å². The molecule has 3 nitrogen and oxygen atoms in total. The summed E-state index contributed by atoms with van der Waals surface area (Å²) in [6.45, 7) is 3.58. The third kappa shape index (κ3) is 3.79. The van der Waals surface area contributed by atoms with Crippen LogP contribution in [0.15, 0.2) is 41.3 Å². The molecule has 110 valence electrons. The Bertz CT molecular complexity index is 668. The topological polar surface area (TPSA) is 52.3 Å². The minimum atomic E-state index is 0.0544. The van der Waals surface area contributed by atoms with Gasteiger partial charge < -0.3 is 10.5 Å². The Morgan fingerprint density at radius 2 is 2.00 bits per heavy atom. The van der Waals surface area contributed by atoms with Crippen molar-refractivity contribution < 1.29 is 9.53 Å². The van der Waals surface area contributed by atoms with Gasteiger partial charge >= 0.3 is 0 Å². The normalized spacial score (nSPS) is 10.4. The van der Waals surface area contributed by atoms with E-state index >= 15 is 0 Å². The fourth-order valence-corrected chi connectivity index (χ4v) is 2.99. The van der Waals surface area contributed by atoms with Crippen molar-refractivity contribution in [3.63, 3.8) is 0 Å². The van der Waals surface area contributed by atoms with E-state index in [1.165, 1.54) is 0 Å². The number of hydrogen-bond donors (Lipinski definition) is 1. The minimum Gasteiger partial charge on any atom is -0.496 e. The van der Waals surface area contributed by atoms with E-state index in [2.05, 4.69) is 0 Å². The van der Waals surface area contributed by atoms with Crippen molar-refractivity contribution >= 4 is 23.2 Å². The Balaban J connectivity index is 2.22. The second kappa shape index (κ2) is 6.68. The van der Waals surface area contributed by atoms with E-state index in [9.17, 15) is 4.79 Å². The van der Waals surface area contributed by atoms with Crippen LogP contribution >= 0.6 is 11.8 Å². The molecule has 0 aliphatic carbocycles. The van der Waals surface area contributed by atoms with E-state index in [-0.39, 0.29) is 5.78 Å². The van der Waals surface area contributed by atoms with Crippen LogP contribution in [0.2, 0.25) is 0 Å². The molecule has 4 heteroatoms. The van der Waals surface area contributed by atoms with Gasteiger partial charge in [-0.2, -0.15) is 0 Å². The molecule has 0 bridgehead atoms. The molecule has 21 heavy (non-hydrogen) atoms. The van der Waals surface area contributed by atoms with Gasteiger partial charge in [0.1, 0.15) is 5.75 Å². The summed E-state index contributed by atoms with van der Waals surface area (Å²) in [4.78, 5) is 12.5. The molecule has 2 aromatic carbocycles. The highest BCUT2D eigenvalue weighted by Crippen LogP contribution is 2.32. The number of hydrogen-bond acceptors (Lipinski definition) is 4. The Hall–Kier alpha value is -1.94. The largest absolute Gasteiger partial charge is 0.496 e. The van der Waals surface area contributed by atoms with Crippen LogP contribution in [-0.4, -0.2) is 12.9 Å². The number of nitrogens with two attached hydrogens (primary N) is 1. The molecule has 0 spiro atoms. The average Bonchev–Trinajstić information content (AvgIpc) is 2.46. The van der Waals surface area contributed by atoms with Gasteiger partial charge in [-0.25, -0.2) is 0 Å². The van der Waals surface area contributed by atoms with Crippen molar-refractivity contribution in [2.24, 2.45) is 0 Å². The van der Waals surface area contributed by atoms with Crippen molar-refractivity contribution in [2.45, 2.75) is 24.5 Å². The number of Topliss-reactive ketones (excluding diaryl/α,β-unsaturated/α-hetero) is 1. The number of thioether (sulfide) groups is 1. The summed E-state index contributed by atoms with van der Waals surface area (Å²) in [5.41, 5.74) is 9.65. The van der Waals surface area contributed by atoms with Crippen LogP contribution < -0.4 is 10.5 Å². The van der Waals surface area contributed by atoms with E-state index in [4.69, 9.17) is 10.5 Å². The molecule has 0 amide bonds. The second-order valence-electron chi connectivity index (χ2n) is 4.91. The molecule has 0 heterocycles. The number of carbonyl (C=O) groups excluding carboxylic acids is 1.